The molecule has 0 aliphatic carbocycles. The van der Waals surface area contributed by atoms with Gasteiger partial charge in [0.15, 0.2) is 0 Å². The standard InChI is InChI=1S/C16H20FN3O2/c1-9-7-20(8-10(2)18-9)16(22)12-5-11-3-4-15(21)19-14(11)6-13(12)17/h5-6,9-10,18H,3-4,7-8H2,1-2H3,(H,19,21). The van der Waals surface area contributed by atoms with Gasteiger partial charge >= 0.3 is 0 Å². The molecule has 1 aromatic carbocycles. The van der Waals surface area contributed by atoms with Crippen LogP contribution in [0.1, 0.15) is 36.2 Å². The normalized spacial score (nSPS) is 24.7. The zero-order valence-electron chi connectivity index (χ0n) is 12.8. The molecule has 2 amide bonds. The molecular weight excluding hydrogens is 285 g/mol. The smallest absolute Gasteiger partial charge is 0.256 e. The summed E-state index contributed by atoms with van der Waals surface area (Å²) < 4.78 is 14.3. The molecule has 2 heterocycles. The number of anilines is 1. The minimum atomic E-state index is -0.579. The lowest BCUT2D eigenvalue weighted by Crippen LogP contribution is -2.55. The summed E-state index contributed by atoms with van der Waals surface area (Å²) in [4.78, 5) is 25.7. The van der Waals surface area contributed by atoms with E-state index in [1.54, 1.807) is 11.0 Å². The van der Waals surface area contributed by atoms with Gasteiger partial charge in [-0.05, 0) is 38.0 Å². The summed E-state index contributed by atoms with van der Waals surface area (Å²) in [6, 6.07) is 3.22. The van der Waals surface area contributed by atoms with Crippen molar-refractivity contribution in [3.63, 3.8) is 0 Å². The van der Waals surface area contributed by atoms with Crippen molar-refractivity contribution in [1.82, 2.24) is 10.2 Å². The van der Waals surface area contributed by atoms with Gasteiger partial charge in [-0.3, -0.25) is 9.59 Å². The zero-order chi connectivity index (χ0) is 15.9. The number of piperazine rings is 1. The first kappa shape index (κ1) is 15.0. The quantitative estimate of drug-likeness (QED) is 0.827. The Morgan fingerprint density at radius 1 is 1.23 bits per heavy atom. The number of carbonyl (C=O) groups is 2. The summed E-state index contributed by atoms with van der Waals surface area (Å²) in [5.74, 6) is -0.974. The lowest BCUT2D eigenvalue weighted by Gasteiger charge is -2.36. The predicted octanol–water partition coefficient (Wildman–Crippen LogP) is 1.53. The predicted molar refractivity (Wildman–Crippen MR) is 81.3 cm³/mol. The molecule has 2 N–H and O–H groups in total. The maximum atomic E-state index is 14.3. The monoisotopic (exact) mass is 305 g/mol. The summed E-state index contributed by atoms with van der Waals surface area (Å²) in [7, 11) is 0. The van der Waals surface area contributed by atoms with Gasteiger partial charge in [-0.1, -0.05) is 0 Å². The summed E-state index contributed by atoms with van der Waals surface area (Å²) in [6.45, 7) is 5.15. The van der Waals surface area contributed by atoms with E-state index in [1.165, 1.54) is 6.07 Å². The number of rotatable bonds is 1. The van der Waals surface area contributed by atoms with Gasteiger partial charge in [0.2, 0.25) is 5.91 Å². The van der Waals surface area contributed by atoms with Crippen molar-refractivity contribution < 1.29 is 14.0 Å². The second kappa shape index (κ2) is 5.68. The minimum absolute atomic E-state index is 0.0937. The van der Waals surface area contributed by atoms with Crippen molar-refractivity contribution >= 4 is 17.5 Å². The van der Waals surface area contributed by atoms with Gasteiger partial charge in [-0.15, -0.1) is 0 Å². The number of fused-ring (bicyclic) bond motifs is 1. The van der Waals surface area contributed by atoms with E-state index in [1.807, 2.05) is 13.8 Å². The number of nitrogens with one attached hydrogen (secondary N) is 2. The second-order valence-electron chi connectivity index (χ2n) is 6.22. The Labute approximate surface area is 128 Å². The molecule has 5 nitrogen and oxygen atoms in total. The van der Waals surface area contributed by atoms with E-state index >= 15 is 0 Å². The highest BCUT2D eigenvalue weighted by molar-refractivity contribution is 5.98. The fraction of sp³-hybridized carbons (Fsp3) is 0.500. The number of hydrogen-bond acceptors (Lipinski definition) is 3. The largest absolute Gasteiger partial charge is 0.335 e. The molecule has 0 radical (unpaired) electrons. The lowest BCUT2D eigenvalue weighted by atomic mass is 9.99. The maximum Gasteiger partial charge on any atom is 0.256 e. The Morgan fingerprint density at radius 2 is 1.91 bits per heavy atom. The Bertz CT molecular complexity index is 622. The van der Waals surface area contributed by atoms with Crippen LogP contribution in [-0.2, 0) is 11.2 Å². The molecule has 118 valence electrons. The molecule has 2 unspecified atom stereocenters. The van der Waals surface area contributed by atoms with Crippen LogP contribution in [0.4, 0.5) is 10.1 Å². The van der Waals surface area contributed by atoms with E-state index in [0.717, 1.165) is 5.56 Å². The zero-order valence-corrected chi connectivity index (χ0v) is 12.8. The van der Waals surface area contributed by atoms with Gasteiger partial charge in [0.25, 0.3) is 5.91 Å². The molecule has 0 aromatic heterocycles. The van der Waals surface area contributed by atoms with Crippen LogP contribution in [0.3, 0.4) is 0 Å². The number of hydrogen-bond donors (Lipinski definition) is 2. The molecular formula is C16H20FN3O2. The van der Waals surface area contributed by atoms with Crippen LogP contribution in [-0.4, -0.2) is 41.9 Å². The number of halogens is 1. The van der Waals surface area contributed by atoms with Gasteiger partial charge < -0.3 is 15.5 Å². The first-order valence-electron chi connectivity index (χ1n) is 7.61. The molecule has 3 rings (SSSR count). The number of nitrogens with zero attached hydrogens (tertiary/aromatic N) is 1. The van der Waals surface area contributed by atoms with E-state index < -0.39 is 5.82 Å². The van der Waals surface area contributed by atoms with Crippen LogP contribution in [0.5, 0.6) is 0 Å². The first-order chi connectivity index (χ1) is 10.4. The second-order valence-corrected chi connectivity index (χ2v) is 6.22. The lowest BCUT2D eigenvalue weighted by molar-refractivity contribution is -0.116. The number of amides is 2. The number of carbonyl (C=O) groups excluding carboxylic acids is 2. The van der Waals surface area contributed by atoms with Gasteiger partial charge in [-0.2, -0.15) is 0 Å². The highest BCUT2D eigenvalue weighted by Crippen LogP contribution is 2.27. The highest BCUT2D eigenvalue weighted by atomic mass is 19.1. The van der Waals surface area contributed by atoms with Crippen molar-refractivity contribution in [1.29, 1.82) is 0 Å². The molecule has 1 aromatic rings. The third-order valence-electron chi connectivity index (χ3n) is 4.16. The number of benzene rings is 1. The molecule has 0 spiro atoms. The molecule has 6 heteroatoms. The molecule has 1 fully saturated rings. The van der Waals surface area contributed by atoms with Crippen molar-refractivity contribution in [3.05, 3.63) is 29.1 Å². The third kappa shape index (κ3) is 2.83. The van der Waals surface area contributed by atoms with Gasteiger partial charge in [0.1, 0.15) is 5.82 Å². The van der Waals surface area contributed by atoms with Crippen molar-refractivity contribution in [3.8, 4) is 0 Å². The van der Waals surface area contributed by atoms with Gasteiger partial charge in [0, 0.05) is 37.3 Å². The number of aryl methyl sites for hydroxylation is 1. The van der Waals surface area contributed by atoms with Crippen LogP contribution < -0.4 is 10.6 Å². The van der Waals surface area contributed by atoms with E-state index in [2.05, 4.69) is 10.6 Å². The Balaban J connectivity index is 1.88. The topological polar surface area (TPSA) is 61.4 Å². The average molecular weight is 305 g/mol. The molecule has 2 aliphatic rings. The molecule has 1 saturated heterocycles. The first-order valence-corrected chi connectivity index (χ1v) is 7.61. The van der Waals surface area contributed by atoms with Crippen molar-refractivity contribution in [2.45, 2.75) is 38.8 Å². The van der Waals surface area contributed by atoms with E-state index in [0.29, 0.717) is 31.6 Å². The van der Waals surface area contributed by atoms with Crippen LogP contribution in [0, 0.1) is 5.82 Å². The summed E-state index contributed by atoms with van der Waals surface area (Å²) >= 11 is 0. The third-order valence-corrected chi connectivity index (χ3v) is 4.16. The fourth-order valence-electron chi connectivity index (χ4n) is 3.23. The Hall–Kier alpha value is -1.95. The molecule has 2 aliphatic heterocycles. The van der Waals surface area contributed by atoms with E-state index in [9.17, 15) is 14.0 Å². The summed E-state index contributed by atoms with van der Waals surface area (Å²) in [5.41, 5.74) is 1.39. The van der Waals surface area contributed by atoms with Gasteiger partial charge in [-0.25, -0.2) is 4.39 Å². The Morgan fingerprint density at radius 3 is 2.59 bits per heavy atom. The van der Waals surface area contributed by atoms with Crippen molar-refractivity contribution in [2.75, 3.05) is 18.4 Å². The van der Waals surface area contributed by atoms with Crippen molar-refractivity contribution in [2.24, 2.45) is 0 Å². The average Bonchev–Trinajstić information content (AvgIpc) is 2.44. The molecule has 22 heavy (non-hydrogen) atoms. The van der Waals surface area contributed by atoms with Crippen LogP contribution in [0.15, 0.2) is 12.1 Å². The van der Waals surface area contributed by atoms with Crippen LogP contribution in [0.2, 0.25) is 0 Å². The molecule has 0 bridgehead atoms. The Kier molecular flexibility index (Phi) is 3.87. The highest BCUT2D eigenvalue weighted by Gasteiger charge is 2.28. The fourth-order valence-corrected chi connectivity index (χ4v) is 3.23. The van der Waals surface area contributed by atoms with Crippen LogP contribution in [0.25, 0.3) is 0 Å². The molecule has 2 atom stereocenters. The summed E-state index contributed by atoms with van der Waals surface area (Å²) in [6.07, 6.45) is 0.907. The van der Waals surface area contributed by atoms with Gasteiger partial charge in [0.05, 0.1) is 5.56 Å². The van der Waals surface area contributed by atoms with E-state index in [4.69, 9.17) is 0 Å². The maximum absolute atomic E-state index is 14.3. The SMILES string of the molecule is CC1CN(C(=O)c2cc3c(cc2F)NC(=O)CC3)CC(C)N1. The van der Waals surface area contributed by atoms with Crippen LogP contribution >= 0.6 is 0 Å². The minimum Gasteiger partial charge on any atom is -0.335 e. The van der Waals surface area contributed by atoms with E-state index in [-0.39, 0.29) is 29.5 Å². The molecule has 0 saturated carbocycles. The summed E-state index contributed by atoms with van der Waals surface area (Å²) in [5, 5.41) is 6.00.